The van der Waals surface area contributed by atoms with Gasteiger partial charge in [0.15, 0.2) is 5.29 Å². The van der Waals surface area contributed by atoms with Crippen LogP contribution in [-0.2, 0) is 0 Å². The van der Waals surface area contributed by atoms with Gasteiger partial charge in [-0.3, -0.25) is 0 Å². The summed E-state index contributed by atoms with van der Waals surface area (Å²) >= 11 is 8.21. The van der Waals surface area contributed by atoms with Crippen molar-refractivity contribution in [2.24, 2.45) is 0 Å². The summed E-state index contributed by atoms with van der Waals surface area (Å²) in [6, 6.07) is 0. The number of rotatable bonds is 4. The summed E-state index contributed by atoms with van der Waals surface area (Å²) in [5, 5.41) is 0.384. The molecule has 0 saturated carbocycles. The first-order valence-electron chi connectivity index (χ1n) is 2.84. The second-order valence-corrected chi connectivity index (χ2v) is 2.83. The Morgan fingerprint density at radius 3 is 2.67 bits per heavy atom. The second-order valence-electron chi connectivity index (χ2n) is 1.68. The average molecular weight is 215 g/mol. The fraction of sp³-hybridized carbons (Fsp3) is 0.667. The van der Waals surface area contributed by atoms with Crippen LogP contribution in [0, 0.1) is 0 Å². The van der Waals surface area contributed by atoms with Crippen LogP contribution in [-0.4, -0.2) is 5.33 Å². The summed E-state index contributed by atoms with van der Waals surface area (Å²) in [4.78, 5) is 0. The van der Waals surface area contributed by atoms with Crippen molar-refractivity contribution in [1.29, 1.82) is 0 Å². The van der Waals surface area contributed by atoms with Crippen molar-refractivity contribution in [3.8, 4) is 0 Å². The first-order chi connectivity index (χ1) is 4.27. The minimum atomic E-state index is -0.593. The highest BCUT2D eigenvalue weighted by Gasteiger charge is 1.85. The van der Waals surface area contributed by atoms with E-state index in [1.165, 1.54) is 6.08 Å². The number of unbranched alkanes of at least 4 members (excludes halogenated alkanes) is 2. The summed E-state index contributed by atoms with van der Waals surface area (Å²) < 4.78 is 11.7. The number of hydrogen-bond acceptors (Lipinski definition) is 0. The van der Waals surface area contributed by atoms with Crippen molar-refractivity contribution < 1.29 is 4.39 Å². The molecule has 54 valence electrons. The van der Waals surface area contributed by atoms with Gasteiger partial charge in [-0.05, 0) is 25.3 Å². The van der Waals surface area contributed by atoms with E-state index in [0.717, 1.165) is 24.6 Å². The molecular weight excluding hydrogens is 206 g/mol. The lowest BCUT2D eigenvalue weighted by atomic mass is 10.2. The molecule has 9 heavy (non-hydrogen) atoms. The Balaban J connectivity index is 3.00. The Bertz CT molecular complexity index is 89.1. The summed E-state index contributed by atoms with van der Waals surface area (Å²) in [6.07, 6.45) is 4.19. The molecule has 0 radical (unpaired) electrons. The Morgan fingerprint density at radius 1 is 1.56 bits per heavy atom. The van der Waals surface area contributed by atoms with Crippen LogP contribution in [0.1, 0.15) is 19.3 Å². The zero-order valence-corrected chi connectivity index (χ0v) is 7.38. The smallest absolute Gasteiger partial charge is 0.185 e. The topological polar surface area (TPSA) is 0 Å². The lowest BCUT2D eigenvalue weighted by molar-refractivity contribution is 0.682. The molecule has 0 N–H and O–H groups in total. The SMILES string of the molecule is F/C(Cl)=C\CCCCBr. The van der Waals surface area contributed by atoms with Gasteiger partial charge in [0, 0.05) is 5.33 Å². The van der Waals surface area contributed by atoms with E-state index in [4.69, 9.17) is 11.6 Å². The molecule has 0 saturated heterocycles. The third-order valence-corrected chi connectivity index (χ3v) is 1.60. The van der Waals surface area contributed by atoms with Crippen LogP contribution < -0.4 is 0 Å². The van der Waals surface area contributed by atoms with Gasteiger partial charge in [-0.15, -0.1) is 0 Å². The number of halogens is 3. The van der Waals surface area contributed by atoms with Gasteiger partial charge in [-0.1, -0.05) is 27.5 Å². The van der Waals surface area contributed by atoms with Crippen molar-refractivity contribution in [3.05, 3.63) is 11.4 Å². The molecule has 0 fully saturated rings. The molecule has 0 aliphatic heterocycles. The minimum Gasteiger partial charge on any atom is -0.194 e. The van der Waals surface area contributed by atoms with Crippen LogP contribution >= 0.6 is 27.5 Å². The maximum Gasteiger partial charge on any atom is 0.185 e. The lowest BCUT2D eigenvalue weighted by Gasteiger charge is -1.88. The molecule has 0 heterocycles. The standard InChI is InChI=1S/C6H9BrClF/c7-5-3-1-2-4-6(8)9/h4H,1-3,5H2/b6-4-. The lowest BCUT2D eigenvalue weighted by Crippen LogP contribution is -1.73. The van der Waals surface area contributed by atoms with Crippen molar-refractivity contribution in [1.82, 2.24) is 0 Å². The number of hydrogen-bond donors (Lipinski definition) is 0. The van der Waals surface area contributed by atoms with Gasteiger partial charge >= 0.3 is 0 Å². The Hall–Kier alpha value is 0.440. The monoisotopic (exact) mass is 214 g/mol. The number of allylic oxidation sites excluding steroid dienone is 1. The predicted octanol–water partition coefficient (Wildman–Crippen LogP) is 3.60. The third-order valence-electron chi connectivity index (χ3n) is 0.886. The molecule has 0 amide bonds. The van der Waals surface area contributed by atoms with E-state index in [-0.39, 0.29) is 0 Å². The normalized spacial score (nSPS) is 12.1. The summed E-state index contributed by atoms with van der Waals surface area (Å²) in [5.74, 6) is 0. The quantitative estimate of drug-likeness (QED) is 0.496. The van der Waals surface area contributed by atoms with E-state index >= 15 is 0 Å². The van der Waals surface area contributed by atoms with Gasteiger partial charge < -0.3 is 0 Å². The van der Waals surface area contributed by atoms with Gasteiger partial charge in [0.25, 0.3) is 0 Å². The molecule has 0 rings (SSSR count). The highest BCUT2D eigenvalue weighted by Crippen LogP contribution is 2.06. The van der Waals surface area contributed by atoms with Crippen molar-refractivity contribution >= 4 is 27.5 Å². The van der Waals surface area contributed by atoms with Crippen molar-refractivity contribution in [2.45, 2.75) is 19.3 Å². The largest absolute Gasteiger partial charge is 0.194 e. The molecule has 3 heteroatoms. The van der Waals surface area contributed by atoms with E-state index in [1.54, 1.807) is 0 Å². The van der Waals surface area contributed by atoms with Crippen molar-refractivity contribution in [2.75, 3.05) is 5.33 Å². The van der Waals surface area contributed by atoms with Crippen LogP contribution in [0.15, 0.2) is 11.4 Å². The van der Waals surface area contributed by atoms with E-state index in [1.807, 2.05) is 0 Å². The molecule has 0 aromatic rings. The minimum absolute atomic E-state index is 0.593. The van der Waals surface area contributed by atoms with E-state index in [9.17, 15) is 4.39 Å². The molecular formula is C6H9BrClF. The Labute approximate surface area is 68.2 Å². The summed E-state index contributed by atoms with van der Waals surface area (Å²) in [5.41, 5.74) is 0. The average Bonchev–Trinajstić information content (AvgIpc) is 1.80. The van der Waals surface area contributed by atoms with Gasteiger partial charge in [0.1, 0.15) is 0 Å². The predicted molar refractivity (Wildman–Crippen MR) is 42.7 cm³/mol. The molecule has 0 aliphatic rings. The zero-order valence-electron chi connectivity index (χ0n) is 5.04. The van der Waals surface area contributed by atoms with Gasteiger partial charge in [-0.25, -0.2) is 0 Å². The highest BCUT2D eigenvalue weighted by molar-refractivity contribution is 9.09. The summed E-state index contributed by atoms with van der Waals surface area (Å²) in [6.45, 7) is 0. The van der Waals surface area contributed by atoms with E-state index in [0.29, 0.717) is 0 Å². The van der Waals surface area contributed by atoms with E-state index < -0.39 is 5.29 Å². The summed E-state index contributed by atoms with van der Waals surface area (Å²) in [7, 11) is 0. The third kappa shape index (κ3) is 8.44. The maximum absolute atomic E-state index is 11.7. The first kappa shape index (κ1) is 9.44. The van der Waals surface area contributed by atoms with Gasteiger partial charge in [-0.2, -0.15) is 4.39 Å². The Morgan fingerprint density at radius 2 is 2.22 bits per heavy atom. The van der Waals surface area contributed by atoms with Crippen LogP contribution in [0.2, 0.25) is 0 Å². The molecule has 0 aliphatic carbocycles. The molecule has 0 bridgehead atoms. The van der Waals surface area contributed by atoms with Crippen LogP contribution in [0.25, 0.3) is 0 Å². The Kier molecular flexibility index (Phi) is 6.88. The fourth-order valence-corrected chi connectivity index (χ4v) is 0.956. The van der Waals surface area contributed by atoms with Crippen molar-refractivity contribution in [3.63, 3.8) is 0 Å². The molecule has 0 aromatic heterocycles. The highest BCUT2D eigenvalue weighted by atomic mass is 79.9. The fourth-order valence-electron chi connectivity index (χ4n) is 0.450. The molecule has 0 atom stereocenters. The molecule has 0 nitrogen and oxygen atoms in total. The molecule has 0 spiro atoms. The molecule has 0 aromatic carbocycles. The van der Waals surface area contributed by atoms with E-state index in [2.05, 4.69) is 15.9 Å². The van der Waals surface area contributed by atoms with Crippen LogP contribution in [0.5, 0.6) is 0 Å². The van der Waals surface area contributed by atoms with Gasteiger partial charge in [0.2, 0.25) is 0 Å². The van der Waals surface area contributed by atoms with Gasteiger partial charge in [0.05, 0.1) is 0 Å². The number of alkyl halides is 1. The van der Waals surface area contributed by atoms with Crippen LogP contribution in [0.4, 0.5) is 4.39 Å². The second kappa shape index (κ2) is 6.56. The zero-order chi connectivity index (χ0) is 7.11. The molecule has 0 unspecified atom stereocenters. The first-order valence-corrected chi connectivity index (χ1v) is 4.34. The van der Waals surface area contributed by atoms with Crippen LogP contribution in [0.3, 0.4) is 0 Å². The maximum atomic E-state index is 11.7.